The van der Waals surface area contributed by atoms with Gasteiger partial charge in [-0.15, -0.1) is 11.3 Å². The third kappa shape index (κ3) is 5.61. The van der Waals surface area contributed by atoms with Gasteiger partial charge in [-0.2, -0.15) is 0 Å². The quantitative estimate of drug-likeness (QED) is 0.351. The molecular weight excluding hydrogens is 410 g/mol. The fourth-order valence-corrected chi connectivity index (χ4v) is 4.22. The van der Waals surface area contributed by atoms with Crippen molar-refractivity contribution in [3.8, 4) is 16.9 Å². The summed E-state index contributed by atoms with van der Waals surface area (Å²) < 4.78 is 10.7. The van der Waals surface area contributed by atoms with Crippen molar-refractivity contribution in [2.45, 2.75) is 20.8 Å². The van der Waals surface area contributed by atoms with Crippen LogP contribution >= 0.6 is 11.3 Å². The second kappa shape index (κ2) is 10.6. The predicted molar refractivity (Wildman–Crippen MR) is 126 cm³/mol. The maximum atomic E-state index is 12.7. The number of esters is 1. The second-order valence-corrected chi connectivity index (χ2v) is 7.87. The summed E-state index contributed by atoms with van der Waals surface area (Å²) >= 11 is 1.36. The maximum Gasteiger partial charge on any atom is 0.341 e. The van der Waals surface area contributed by atoms with Crippen LogP contribution in [0.25, 0.3) is 17.2 Å². The van der Waals surface area contributed by atoms with Crippen molar-refractivity contribution in [3.63, 3.8) is 0 Å². The molecule has 160 valence electrons. The minimum atomic E-state index is -0.448. The molecule has 6 heteroatoms. The summed E-state index contributed by atoms with van der Waals surface area (Å²) in [5.74, 6) is 0.0162. The number of anilines is 1. The highest BCUT2D eigenvalue weighted by Gasteiger charge is 2.25. The van der Waals surface area contributed by atoms with E-state index in [2.05, 4.69) is 5.32 Å². The molecule has 0 bridgehead atoms. The van der Waals surface area contributed by atoms with Crippen molar-refractivity contribution in [3.05, 3.63) is 76.7 Å². The average molecular weight is 436 g/mol. The molecule has 0 atom stereocenters. The minimum absolute atomic E-state index is 0.257. The van der Waals surface area contributed by atoms with Crippen LogP contribution in [0.2, 0.25) is 0 Å². The molecule has 2 aromatic carbocycles. The van der Waals surface area contributed by atoms with Gasteiger partial charge in [-0.1, -0.05) is 42.5 Å². The Kier molecular flexibility index (Phi) is 7.62. The highest BCUT2D eigenvalue weighted by Crippen LogP contribution is 2.40. The molecule has 0 aliphatic heterocycles. The lowest BCUT2D eigenvalue weighted by atomic mass is 10.0. The molecule has 1 amide bonds. The van der Waals surface area contributed by atoms with E-state index in [4.69, 9.17) is 9.47 Å². The van der Waals surface area contributed by atoms with Crippen molar-refractivity contribution < 1.29 is 19.1 Å². The molecule has 1 heterocycles. The average Bonchev–Trinajstić information content (AvgIpc) is 3.09. The van der Waals surface area contributed by atoms with Crippen molar-refractivity contribution in [1.29, 1.82) is 0 Å². The van der Waals surface area contributed by atoms with Crippen LogP contribution in [0.5, 0.6) is 5.75 Å². The van der Waals surface area contributed by atoms with Crippen molar-refractivity contribution in [1.82, 2.24) is 0 Å². The van der Waals surface area contributed by atoms with E-state index in [0.29, 0.717) is 17.2 Å². The molecule has 5 nitrogen and oxygen atoms in total. The van der Waals surface area contributed by atoms with E-state index >= 15 is 0 Å². The summed E-state index contributed by atoms with van der Waals surface area (Å²) in [6, 6.07) is 17.1. The van der Waals surface area contributed by atoms with Crippen LogP contribution in [0.3, 0.4) is 0 Å². The monoisotopic (exact) mass is 435 g/mol. The summed E-state index contributed by atoms with van der Waals surface area (Å²) in [6.07, 6.45) is 3.16. The summed E-state index contributed by atoms with van der Waals surface area (Å²) in [7, 11) is 0. The number of hydrogen-bond donors (Lipinski definition) is 1. The number of amides is 1. The molecule has 0 unspecified atom stereocenters. The molecule has 0 spiro atoms. The van der Waals surface area contributed by atoms with E-state index in [1.807, 2.05) is 68.4 Å². The summed E-state index contributed by atoms with van der Waals surface area (Å²) in [5.41, 5.74) is 2.95. The Labute approximate surface area is 186 Å². The zero-order chi connectivity index (χ0) is 22.2. The first-order chi connectivity index (χ1) is 15.0. The summed E-state index contributed by atoms with van der Waals surface area (Å²) in [5, 5.41) is 3.33. The molecule has 3 rings (SSSR count). The maximum absolute atomic E-state index is 12.7. The summed E-state index contributed by atoms with van der Waals surface area (Å²) in [6.45, 7) is 6.48. The van der Waals surface area contributed by atoms with Crippen LogP contribution in [-0.2, 0) is 9.53 Å². The Morgan fingerprint density at radius 3 is 2.35 bits per heavy atom. The number of rotatable bonds is 8. The highest BCUT2D eigenvalue weighted by atomic mass is 32.1. The summed E-state index contributed by atoms with van der Waals surface area (Å²) in [4.78, 5) is 26.2. The molecule has 0 saturated heterocycles. The molecule has 1 N–H and O–H groups in total. The molecule has 0 aliphatic rings. The Morgan fingerprint density at radius 2 is 1.71 bits per heavy atom. The third-order valence-electron chi connectivity index (χ3n) is 4.48. The Balaban J connectivity index is 1.84. The van der Waals surface area contributed by atoms with E-state index in [0.717, 1.165) is 27.3 Å². The van der Waals surface area contributed by atoms with Crippen LogP contribution in [0.1, 0.15) is 34.6 Å². The SMILES string of the molecule is CCOC(=O)c1c(NC(=O)C=Cc2ccc(OCC)cc2)sc(C)c1-c1ccccc1. The first kappa shape index (κ1) is 22.3. The Morgan fingerprint density at radius 1 is 1.00 bits per heavy atom. The topological polar surface area (TPSA) is 64.6 Å². The van der Waals surface area contributed by atoms with Crippen molar-refractivity contribution in [2.24, 2.45) is 0 Å². The smallest absolute Gasteiger partial charge is 0.341 e. The van der Waals surface area contributed by atoms with Gasteiger partial charge in [0.1, 0.15) is 16.3 Å². The van der Waals surface area contributed by atoms with Crippen LogP contribution in [0, 0.1) is 6.92 Å². The molecule has 0 fully saturated rings. The zero-order valence-corrected chi connectivity index (χ0v) is 18.6. The fraction of sp³-hybridized carbons (Fsp3) is 0.200. The number of hydrogen-bond acceptors (Lipinski definition) is 5. The fourth-order valence-electron chi connectivity index (χ4n) is 3.15. The molecule has 31 heavy (non-hydrogen) atoms. The van der Waals surface area contributed by atoms with Gasteiger partial charge in [0.2, 0.25) is 5.91 Å². The van der Waals surface area contributed by atoms with E-state index in [1.165, 1.54) is 17.4 Å². The number of benzene rings is 2. The van der Waals surface area contributed by atoms with Gasteiger partial charge in [0.05, 0.1) is 13.2 Å². The largest absolute Gasteiger partial charge is 0.494 e. The zero-order valence-electron chi connectivity index (χ0n) is 17.8. The highest BCUT2D eigenvalue weighted by molar-refractivity contribution is 7.17. The molecule has 1 aromatic heterocycles. The lowest BCUT2D eigenvalue weighted by Gasteiger charge is -2.08. The van der Waals surface area contributed by atoms with Gasteiger partial charge in [-0.3, -0.25) is 4.79 Å². The third-order valence-corrected chi connectivity index (χ3v) is 5.50. The van der Waals surface area contributed by atoms with Crippen molar-refractivity contribution in [2.75, 3.05) is 18.5 Å². The lowest BCUT2D eigenvalue weighted by Crippen LogP contribution is -2.12. The number of ether oxygens (including phenoxy) is 2. The normalized spacial score (nSPS) is 10.8. The van der Waals surface area contributed by atoms with Crippen molar-refractivity contribution >= 4 is 34.3 Å². The first-order valence-electron chi connectivity index (χ1n) is 10.1. The van der Waals surface area contributed by atoms with Gasteiger partial charge in [0.15, 0.2) is 0 Å². The van der Waals surface area contributed by atoms with Gasteiger partial charge in [-0.25, -0.2) is 4.79 Å². The molecule has 3 aromatic rings. The van der Waals surface area contributed by atoms with E-state index in [1.54, 1.807) is 13.0 Å². The second-order valence-electron chi connectivity index (χ2n) is 6.65. The molecule has 0 aliphatic carbocycles. The molecule has 0 radical (unpaired) electrons. The van der Waals surface area contributed by atoms with Crippen LogP contribution in [0.4, 0.5) is 5.00 Å². The number of nitrogens with one attached hydrogen (secondary N) is 1. The van der Waals surface area contributed by atoms with Gasteiger partial charge >= 0.3 is 5.97 Å². The van der Waals surface area contributed by atoms with Crippen LogP contribution in [0.15, 0.2) is 60.7 Å². The van der Waals surface area contributed by atoms with Gasteiger partial charge < -0.3 is 14.8 Å². The minimum Gasteiger partial charge on any atom is -0.494 e. The van der Waals surface area contributed by atoms with Crippen LogP contribution in [-0.4, -0.2) is 25.1 Å². The standard InChI is InChI=1S/C25H25NO4S/c1-4-29-20-14-11-18(12-15-20)13-16-21(27)26-24-23(25(28)30-5-2)22(17(3)31-24)19-9-7-6-8-10-19/h6-16H,4-5H2,1-3H3,(H,26,27). The molecule has 0 saturated carbocycles. The first-order valence-corrected chi connectivity index (χ1v) is 10.9. The van der Waals surface area contributed by atoms with E-state index < -0.39 is 5.97 Å². The van der Waals surface area contributed by atoms with Gasteiger partial charge in [0, 0.05) is 16.5 Å². The Bertz CT molecular complexity index is 1070. The predicted octanol–water partition coefficient (Wildman–Crippen LogP) is 5.95. The van der Waals surface area contributed by atoms with Crippen LogP contribution < -0.4 is 10.1 Å². The molecular formula is C25H25NO4S. The van der Waals surface area contributed by atoms with Gasteiger partial charge in [-0.05, 0) is 50.1 Å². The number of carbonyl (C=O) groups excluding carboxylic acids is 2. The van der Waals surface area contributed by atoms with Gasteiger partial charge in [0.25, 0.3) is 0 Å². The Hall–Kier alpha value is -3.38. The lowest BCUT2D eigenvalue weighted by molar-refractivity contribution is -0.111. The number of carbonyl (C=O) groups is 2. The van der Waals surface area contributed by atoms with E-state index in [-0.39, 0.29) is 12.5 Å². The van der Waals surface area contributed by atoms with E-state index in [9.17, 15) is 9.59 Å². The number of thiophene rings is 1. The number of aryl methyl sites for hydroxylation is 1.